The number of hydrogen-bond donors (Lipinski definition) is 1. The Kier molecular flexibility index (Phi) is 5.59. The van der Waals surface area contributed by atoms with E-state index < -0.39 is 20.7 Å². The molecule has 0 spiro atoms. The van der Waals surface area contributed by atoms with Crippen molar-refractivity contribution in [2.24, 2.45) is 0 Å². The number of hydrogen-bond acceptors (Lipinski definition) is 4. The third-order valence-corrected chi connectivity index (χ3v) is 6.32. The summed E-state index contributed by atoms with van der Waals surface area (Å²) in [5.41, 5.74) is 2.52. The predicted octanol–water partition coefficient (Wildman–Crippen LogP) is 2.72. The molecule has 0 saturated carbocycles. The molecule has 1 aliphatic rings. The lowest BCUT2D eigenvalue weighted by molar-refractivity contribution is 0.0729. The number of nitrogens with zero attached hydrogens (tertiary/aromatic N) is 1. The Balaban J connectivity index is 1.88. The Morgan fingerprint density at radius 1 is 1.11 bits per heavy atom. The fourth-order valence-corrected chi connectivity index (χ4v) is 4.47. The van der Waals surface area contributed by atoms with Gasteiger partial charge in [0, 0.05) is 24.3 Å². The minimum atomic E-state index is -4.00. The monoisotopic (exact) mass is 392 g/mol. The molecule has 1 amide bonds. The van der Waals surface area contributed by atoms with Crippen LogP contribution < -0.4 is 5.32 Å². The maximum atomic E-state index is 14.2. The number of amides is 1. The predicted molar refractivity (Wildman–Crippen MR) is 99.8 cm³/mol. The highest BCUT2D eigenvalue weighted by Gasteiger charge is 2.29. The second kappa shape index (κ2) is 7.75. The lowest BCUT2D eigenvalue weighted by Crippen LogP contribution is -2.40. The van der Waals surface area contributed by atoms with Crippen LogP contribution in [0.4, 0.5) is 10.1 Å². The van der Waals surface area contributed by atoms with Crippen LogP contribution in [-0.2, 0) is 14.8 Å². The third-order valence-electron chi connectivity index (χ3n) is 4.40. The zero-order valence-electron chi connectivity index (χ0n) is 15.2. The molecule has 2 aromatic carbocycles. The molecule has 0 aliphatic carbocycles. The fourth-order valence-electron chi connectivity index (χ4n) is 2.97. The van der Waals surface area contributed by atoms with Crippen LogP contribution in [0, 0.1) is 19.7 Å². The molecule has 1 saturated heterocycles. The molecule has 0 atom stereocenters. The summed E-state index contributed by atoms with van der Waals surface area (Å²) < 4.78 is 46.0. The second-order valence-electron chi connectivity index (χ2n) is 6.43. The molecule has 1 aliphatic heterocycles. The second-order valence-corrected chi connectivity index (χ2v) is 8.34. The summed E-state index contributed by atoms with van der Waals surface area (Å²) in [6, 6.07) is 8.95. The van der Waals surface area contributed by atoms with Gasteiger partial charge in [-0.2, -0.15) is 4.31 Å². The quantitative estimate of drug-likeness (QED) is 0.868. The van der Waals surface area contributed by atoms with Crippen molar-refractivity contribution in [3.63, 3.8) is 0 Å². The highest BCUT2D eigenvalue weighted by molar-refractivity contribution is 7.89. The largest absolute Gasteiger partial charge is 0.379 e. The molecule has 27 heavy (non-hydrogen) atoms. The minimum absolute atomic E-state index is 0.168. The van der Waals surface area contributed by atoms with E-state index in [1.807, 2.05) is 26.0 Å². The molecular formula is C19H21FN2O4S. The molecule has 0 bridgehead atoms. The normalized spacial score (nSPS) is 15.5. The number of ether oxygens (including phenoxy) is 1. The molecule has 3 rings (SSSR count). The summed E-state index contributed by atoms with van der Waals surface area (Å²) in [6.07, 6.45) is 0. The van der Waals surface area contributed by atoms with E-state index >= 15 is 0 Å². The summed E-state index contributed by atoms with van der Waals surface area (Å²) >= 11 is 0. The number of carbonyl (C=O) groups is 1. The molecule has 8 heteroatoms. The lowest BCUT2D eigenvalue weighted by atomic mass is 10.1. The van der Waals surface area contributed by atoms with Gasteiger partial charge >= 0.3 is 0 Å². The van der Waals surface area contributed by atoms with Crippen molar-refractivity contribution in [2.45, 2.75) is 18.7 Å². The van der Waals surface area contributed by atoms with Gasteiger partial charge < -0.3 is 10.1 Å². The average Bonchev–Trinajstić information content (AvgIpc) is 2.63. The first-order chi connectivity index (χ1) is 12.8. The van der Waals surface area contributed by atoms with Crippen LogP contribution in [0.3, 0.4) is 0 Å². The average molecular weight is 392 g/mol. The van der Waals surface area contributed by atoms with Gasteiger partial charge in [0.2, 0.25) is 10.0 Å². The van der Waals surface area contributed by atoms with Crippen LogP contribution in [0.15, 0.2) is 41.3 Å². The number of benzene rings is 2. The van der Waals surface area contributed by atoms with Crippen molar-refractivity contribution >= 4 is 21.6 Å². The molecule has 144 valence electrons. The smallest absolute Gasteiger partial charge is 0.255 e. The van der Waals surface area contributed by atoms with E-state index in [2.05, 4.69) is 5.32 Å². The van der Waals surface area contributed by atoms with E-state index in [-0.39, 0.29) is 37.9 Å². The summed E-state index contributed by atoms with van der Waals surface area (Å²) in [5, 5.41) is 2.65. The Morgan fingerprint density at radius 3 is 2.48 bits per heavy atom. The Labute approximate surface area is 158 Å². The third kappa shape index (κ3) is 4.18. The van der Waals surface area contributed by atoms with Gasteiger partial charge in [0.15, 0.2) is 0 Å². The molecule has 1 fully saturated rings. The molecule has 1 heterocycles. The van der Waals surface area contributed by atoms with Crippen LogP contribution in [0.1, 0.15) is 21.5 Å². The van der Waals surface area contributed by atoms with Crippen molar-refractivity contribution in [1.82, 2.24) is 4.31 Å². The highest BCUT2D eigenvalue weighted by Crippen LogP contribution is 2.24. The van der Waals surface area contributed by atoms with E-state index in [1.165, 1.54) is 10.4 Å². The first-order valence-electron chi connectivity index (χ1n) is 8.55. The topological polar surface area (TPSA) is 75.7 Å². The van der Waals surface area contributed by atoms with Crippen LogP contribution in [0.2, 0.25) is 0 Å². The number of anilines is 1. The molecule has 6 nitrogen and oxygen atoms in total. The van der Waals surface area contributed by atoms with Gasteiger partial charge in [-0.15, -0.1) is 0 Å². The zero-order chi connectivity index (χ0) is 19.6. The van der Waals surface area contributed by atoms with Crippen molar-refractivity contribution in [3.8, 4) is 0 Å². The highest BCUT2D eigenvalue weighted by atomic mass is 32.2. The first-order valence-corrected chi connectivity index (χ1v) is 9.99. The number of morpholine rings is 1. The van der Waals surface area contributed by atoms with Crippen LogP contribution >= 0.6 is 0 Å². The standard InChI is InChI=1S/C19H21FN2O4S/c1-13-3-5-16(14(2)11-13)19(23)21-15-4-6-17(20)18(12-15)27(24,25)22-7-9-26-10-8-22/h3-6,11-12H,7-10H2,1-2H3,(H,21,23). The molecule has 0 unspecified atom stereocenters. The van der Waals surface area contributed by atoms with Gasteiger partial charge in [0.05, 0.1) is 13.2 Å². The van der Waals surface area contributed by atoms with Gasteiger partial charge in [-0.25, -0.2) is 12.8 Å². The molecule has 1 N–H and O–H groups in total. The summed E-state index contributed by atoms with van der Waals surface area (Å²) in [4.78, 5) is 12.1. The van der Waals surface area contributed by atoms with Crippen molar-refractivity contribution in [1.29, 1.82) is 0 Å². The van der Waals surface area contributed by atoms with E-state index in [1.54, 1.807) is 6.07 Å². The fraction of sp³-hybridized carbons (Fsp3) is 0.316. The van der Waals surface area contributed by atoms with Gasteiger partial charge in [0.1, 0.15) is 10.7 Å². The maximum absolute atomic E-state index is 14.2. The lowest BCUT2D eigenvalue weighted by Gasteiger charge is -2.26. The Bertz CT molecular complexity index is 970. The van der Waals surface area contributed by atoms with E-state index in [9.17, 15) is 17.6 Å². The zero-order valence-corrected chi connectivity index (χ0v) is 16.0. The summed E-state index contributed by atoms with van der Waals surface area (Å²) in [7, 11) is -4.00. The van der Waals surface area contributed by atoms with E-state index in [0.717, 1.165) is 23.3 Å². The van der Waals surface area contributed by atoms with Gasteiger partial charge in [-0.1, -0.05) is 17.7 Å². The number of nitrogens with one attached hydrogen (secondary N) is 1. The van der Waals surface area contributed by atoms with Gasteiger partial charge in [-0.05, 0) is 43.7 Å². The summed E-state index contributed by atoms with van der Waals surface area (Å²) in [5.74, 6) is -1.24. The number of halogens is 1. The maximum Gasteiger partial charge on any atom is 0.255 e. The SMILES string of the molecule is Cc1ccc(C(=O)Nc2ccc(F)c(S(=O)(=O)N3CCOCC3)c2)c(C)c1. The van der Waals surface area contributed by atoms with E-state index in [0.29, 0.717) is 5.56 Å². The molecule has 0 radical (unpaired) electrons. The number of sulfonamides is 1. The number of rotatable bonds is 4. The first kappa shape index (κ1) is 19.5. The van der Waals surface area contributed by atoms with Crippen molar-refractivity contribution in [2.75, 3.05) is 31.6 Å². The van der Waals surface area contributed by atoms with Crippen LogP contribution in [-0.4, -0.2) is 44.9 Å². The molecular weight excluding hydrogens is 371 g/mol. The van der Waals surface area contributed by atoms with Gasteiger partial charge in [0.25, 0.3) is 5.91 Å². The minimum Gasteiger partial charge on any atom is -0.379 e. The number of carbonyl (C=O) groups excluding carboxylic acids is 1. The van der Waals surface area contributed by atoms with Gasteiger partial charge in [-0.3, -0.25) is 4.79 Å². The Morgan fingerprint density at radius 2 is 1.81 bits per heavy atom. The van der Waals surface area contributed by atoms with Crippen molar-refractivity contribution < 1.29 is 22.3 Å². The summed E-state index contributed by atoms with van der Waals surface area (Å²) in [6.45, 7) is 4.62. The van der Waals surface area contributed by atoms with Crippen molar-refractivity contribution in [3.05, 3.63) is 58.9 Å². The number of aryl methyl sites for hydroxylation is 2. The Hall–Kier alpha value is -2.29. The van der Waals surface area contributed by atoms with E-state index in [4.69, 9.17) is 4.74 Å². The molecule has 2 aromatic rings. The van der Waals surface area contributed by atoms with Crippen LogP contribution in [0.25, 0.3) is 0 Å². The van der Waals surface area contributed by atoms with Crippen LogP contribution in [0.5, 0.6) is 0 Å². The molecule has 0 aromatic heterocycles.